The van der Waals surface area contributed by atoms with E-state index >= 15 is 0 Å². The van der Waals surface area contributed by atoms with Gasteiger partial charge in [0.05, 0.1) is 19.4 Å². The number of rotatable bonds is 8. The van der Waals surface area contributed by atoms with Gasteiger partial charge < -0.3 is 9.47 Å². The maximum absolute atomic E-state index is 11.1. The summed E-state index contributed by atoms with van der Waals surface area (Å²) in [5.41, 5.74) is 0. The van der Waals surface area contributed by atoms with Gasteiger partial charge in [-0.25, -0.2) is 0 Å². The molecule has 17 heavy (non-hydrogen) atoms. The lowest BCUT2D eigenvalue weighted by Gasteiger charge is -2.03. The predicted molar refractivity (Wildman–Crippen MR) is 61.1 cm³/mol. The van der Waals surface area contributed by atoms with Crippen molar-refractivity contribution >= 4 is 17.9 Å². The van der Waals surface area contributed by atoms with Gasteiger partial charge in [-0.3, -0.25) is 14.4 Å². The average molecular weight is 244 g/mol. The number of carbonyl (C=O) groups excluding carboxylic acids is 3. The molecule has 0 fully saturated rings. The summed E-state index contributed by atoms with van der Waals surface area (Å²) in [6.45, 7) is 3.99. The molecular weight excluding hydrogens is 224 g/mol. The van der Waals surface area contributed by atoms with Gasteiger partial charge in [-0.2, -0.15) is 0 Å². The van der Waals surface area contributed by atoms with Crippen molar-refractivity contribution in [2.45, 2.75) is 52.4 Å². The lowest BCUT2D eigenvalue weighted by atomic mass is 10.2. The summed E-state index contributed by atoms with van der Waals surface area (Å²) >= 11 is 0. The van der Waals surface area contributed by atoms with E-state index in [1.165, 1.54) is 0 Å². The van der Waals surface area contributed by atoms with E-state index in [0.29, 0.717) is 0 Å². The van der Waals surface area contributed by atoms with E-state index in [2.05, 4.69) is 9.47 Å². The summed E-state index contributed by atoms with van der Waals surface area (Å²) in [5.74, 6) is -1.64. The molecule has 0 radical (unpaired) electrons. The minimum atomic E-state index is -0.667. The van der Waals surface area contributed by atoms with Crippen LogP contribution < -0.4 is 0 Å². The van der Waals surface area contributed by atoms with Gasteiger partial charge in [-0.1, -0.05) is 19.8 Å². The van der Waals surface area contributed by atoms with Crippen LogP contribution in [0.3, 0.4) is 0 Å². The zero-order chi connectivity index (χ0) is 13.1. The van der Waals surface area contributed by atoms with E-state index in [4.69, 9.17) is 0 Å². The van der Waals surface area contributed by atoms with Crippen LogP contribution >= 0.6 is 0 Å². The Morgan fingerprint density at radius 3 is 2.00 bits per heavy atom. The average Bonchev–Trinajstić information content (AvgIpc) is 2.27. The third-order valence-electron chi connectivity index (χ3n) is 2.05. The largest absolute Gasteiger partial charge is 0.466 e. The third-order valence-corrected chi connectivity index (χ3v) is 2.05. The first kappa shape index (κ1) is 15.6. The Morgan fingerprint density at radius 2 is 1.41 bits per heavy atom. The molecule has 0 aliphatic heterocycles. The smallest absolute Gasteiger partial charge is 0.314 e. The Kier molecular flexibility index (Phi) is 9.01. The maximum atomic E-state index is 11.1. The summed E-state index contributed by atoms with van der Waals surface area (Å²) in [5, 5.41) is 0. The number of hydrogen-bond acceptors (Lipinski definition) is 5. The zero-order valence-electron chi connectivity index (χ0n) is 10.5. The molecule has 0 rings (SSSR count). The van der Waals surface area contributed by atoms with Gasteiger partial charge >= 0.3 is 17.9 Å². The normalized spacial score (nSPS) is 9.76. The molecule has 0 atom stereocenters. The molecule has 0 saturated heterocycles. The quantitative estimate of drug-likeness (QED) is 0.371. The summed E-state index contributed by atoms with van der Waals surface area (Å²) in [7, 11) is 0. The minimum absolute atomic E-state index is 0.0467. The number of carbonyl (C=O) groups is 3. The molecule has 5 nitrogen and oxygen atoms in total. The second kappa shape index (κ2) is 9.81. The second-order valence-electron chi connectivity index (χ2n) is 3.61. The van der Waals surface area contributed by atoms with E-state index in [-0.39, 0.29) is 25.9 Å². The van der Waals surface area contributed by atoms with Crippen molar-refractivity contribution in [3.8, 4) is 0 Å². The van der Waals surface area contributed by atoms with Crippen LogP contribution in [-0.2, 0) is 23.9 Å². The first-order valence-electron chi connectivity index (χ1n) is 5.99. The Morgan fingerprint density at radius 1 is 0.824 bits per heavy atom. The van der Waals surface area contributed by atoms with Gasteiger partial charge in [0.2, 0.25) is 0 Å². The van der Waals surface area contributed by atoms with E-state index in [0.717, 1.165) is 19.3 Å². The fourth-order valence-corrected chi connectivity index (χ4v) is 1.19. The molecule has 0 amide bonds. The molecule has 0 aliphatic carbocycles. The van der Waals surface area contributed by atoms with Crippen molar-refractivity contribution in [2.75, 3.05) is 6.61 Å². The van der Waals surface area contributed by atoms with E-state index in [9.17, 15) is 14.4 Å². The highest BCUT2D eigenvalue weighted by Gasteiger charge is 2.12. The first-order valence-corrected chi connectivity index (χ1v) is 5.99. The van der Waals surface area contributed by atoms with Gasteiger partial charge in [-0.15, -0.1) is 0 Å². The molecule has 0 bridgehead atoms. The van der Waals surface area contributed by atoms with Crippen LogP contribution in [0, 0.1) is 0 Å². The molecule has 0 aromatic carbocycles. The molecule has 5 heteroatoms. The molecule has 0 saturated carbocycles. The Labute approximate surface area is 101 Å². The first-order chi connectivity index (χ1) is 8.10. The van der Waals surface area contributed by atoms with Gasteiger partial charge in [0.25, 0.3) is 0 Å². The van der Waals surface area contributed by atoms with Crippen LogP contribution in [0.5, 0.6) is 0 Å². The van der Waals surface area contributed by atoms with Crippen molar-refractivity contribution in [3.05, 3.63) is 0 Å². The molecule has 0 spiro atoms. The molecule has 0 aliphatic rings. The van der Waals surface area contributed by atoms with Gasteiger partial charge in [-0.05, 0) is 13.3 Å². The Hall–Kier alpha value is -1.39. The number of hydrogen-bond donors (Lipinski definition) is 0. The van der Waals surface area contributed by atoms with Crippen LogP contribution in [0.15, 0.2) is 0 Å². The number of unbranched alkanes of at least 4 members (excludes halogenated alkanes) is 2. The lowest BCUT2D eigenvalue weighted by Crippen LogP contribution is -2.14. The highest BCUT2D eigenvalue weighted by atomic mass is 16.6. The highest BCUT2D eigenvalue weighted by Crippen LogP contribution is 2.02. The molecule has 0 N–H and O–H groups in total. The van der Waals surface area contributed by atoms with Crippen molar-refractivity contribution < 1.29 is 23.9 Å². The predicted octanol–water partition coefficient (Wildman–Crippen LogP) is 1.98. The van der Waals surface area contributed by atoms with E-state index in [1.807, 2.05) is 6.92 Å². The SMILES string of the molecule is CCCCCC(=O)OC(=O)CCC(=O)OCC. The molecule has 0 aromatic rings. The summed E-state index contributed by atoms with van der Waals surface area (Å²) < 4.78 is 9.18. The minimum Gasteiger partial charge on any atom is -0.466 e. The number of esters is 3. The molecule has 0 unspecified atom stereocenters. The third kappa shape index (κ3) is 9.53. The molecule has 0 aromatic heterocycles. The monoisotopic (exact) mass is 244 g/mol. The molecule has 0 heterocycles. The molecular formula is C12H20O5. The summed E-state index contributed by atoms with van der Waals surface area (Å²) in [6.07, 6.45) is 2.75. The highest BCUT2D eigenvalue weighted by molar-refractivity contribution is 5.87. The van der Waals surface area contributed by atoms with Crippen LogP contribution in [0.4, 0.5) is 0 Å². The number of ether oxygens (including phenoxy) is 2. The van der Waals surface area contributed by atoms with Crippen LogP contribution in [0.25, 0.3) is 0 Å². The summed E-state index contributed by atoms with van der Waals surface area (Å²) in [4.78, 5) is 33.2. The van der Waals surface area contributed by atoms with E-state index < -0.39 is 17.9 Å². The van der Waals surface area contributed by atoms with Crippen molar-refractivity contribution in [3.63, 3.8) is 0 Å². The van der Waals surface area contributed by atoms with Crippen LogP contribution in [-0.4, -0.2) is 24.5 Å². The van der Waals surface area contributed by atoms with Crippen LogP contribution in [0.1, 0.15) is 52.4 Å². The Balaban J connectivity index is 3.64. The zero-order valence-corrected chi connectivity index (χ0v) is 10.5. The lowest BCUT2D eigenvalue weighted by molar-refractivity contribution is -0.161. The summed E-state index contributed by atoms with van der Waals surface area (Å²) in [6, 6.07) is 0. The maximum Gasteiger partial charge on any atom is 0.314 e. The van der Waals surface area contributed by atoms with Gasteiger partial charge in [0, 0.05) is 6.42 Å². The second-order valence-corrected chi connectivity index (χ2v) is 3.61. The fraction of sp³-hybridized carbons (Fsp3) is 0.750. The standard InChI is InChI=1S/C12H20O5/c1-3-5-6-7-11(14)17-12(15)9-8-10(13)16-4-2/h3-9H2,1-2H3. The van der Waals surface area contributed by atoms with Crippen LogP contribution in [0.2, 0.25) is 0 Å². The fourth-order valence-electron chi connectivity index (χ4n) is 1.19. The molecule has 98 valence electrons. The topological polar surface area (TPSA) is 69.7 Å². The van der Waals surface area contributed by atoms with Crippen molar-refractivity contribution in [1.82, 2.24) is 0 Å². The van der Waals surface area contributed by atoms with Gasteiger partial charge in [0.1, 0.15) is 0 Å². The van der Waals surface area contributed by atoms with Crippen molar-refractivity contribution in [2.24, 2.45) is 0 Å². The van der Waals surface area contributed by atoms with Gasteiger partial charge in [0.15, 0.2) is 0 Å². The Bertz CT molecular complexity index is 260. The van der Waals surface area contributed by atoms with Crippen molar-refractivity contribution in [1.29, 1.82) is 0 Å². The van der Waals surface area contributed by atoms with E-state index in [1.54, 1.807) is 6.92 Å².